The van der Waals surface area contributed by atoms with E-state index in [1.165, 1.54) is 0 Å². The van der Waals surface area contributed by atoms with Gasteiger partial charge in [-0.2, -0.15) is 0 Å². The summed E-state index contributed by atoms with van der Waals surface area (Å²) in [6.45, 7) is 6.04. The summed E-state index contributed by atoms with van der Waals surface area (Å²) in [5, 5.41) is 0. The predicted octanol–water partition coefficient (Wildman–Crippen LogP) is 0.894. The molecule has 50 valence electrons. The van der Waals surface area contributed by atoms with Crippen molar-refractivity contribution in [1.29, 1.82) is 0 Å². The van der Waals surface area contributed by atoms with Crippen LogP contribution in [0.2, 0.25) is 0 Å². The molecule has 1 nitrogen and oxygen atoms in total. The van der Waals surface area contributed by atoms with E-state index in [4.69, 9.17) is 12.2 Å². The van der Waals surface area contributed by atoms with Crippen LogP contribution >= 0.6 is 24.8 Å². The van der Waals surface area contributed by atoms with Crippen LogP contribution in [0.1, 0.15) is 13.8 Å². The summed E-state index contributed by atoms with van der Waals surface area (Å²) in [7, 11) is 0. The van der Waals surface area contributed by atoms with Crippen molar-refractivity contribution in [2.45, 2.75) is 13.8 Å². The van der Waals surface area contributed by atoms with E-state index in [0.717, 1.165) is 13.1 Å². The zero-order chi connectivity index (χ0) is 6.57. The molecule has 0 radical (unpaired) electrons. The quantitative estimate of drug-likeness (QED) is 0.375. The van der Waals surface area contributed by atoms with Crippen molar-refractivity contribution in [1.82, 2.24) is 4.90 Å². The normalized spacial score (nSPS) is 7.89. The van der Waals surface area contributed by atoms with Crippen LogP contribution < -0.4 is 0 Å². The van der Waals surface area contributed by atoms with E-state index in [9.17, 15) is 0 Å². The first-order valence-corrected chi connectivity index (χ1v) is 3.55. The van der Waals surface area contributed by atoms with Gasteiger partial charge >= 0.3 is 29.6 Å². The van der Waals surface area contributed by atoms with Crippen molar-refractivity contribution in [2.75, 3.05) is 13.1 Å². The van der Waals surface area contributed by atoms with Gasteiger partial charge < -0.3 is 4.90 Å². The summed E-state index contributed by atoms with van der Waals surface area (Å²) in [5.74, 6) is 0. The van der Waals surface area contributed by atoms with Gasteiger partial charge in [-0.1, -0.05) is 12.2 Å². The van der Waals surface area contributed by atoms with Gasteiger partial charge in [0, 0.05) is 13.1 Å². The number of nitrogens with zero attached hydrogens (tertiary/aromatic N) is 1. The van der Waals surface area contributed by atoms with Crippen molar-refractivity contribution < 1.29 is 0 Å². The molecule has 0 aromatic heterocycles. The number of hydrogen-bond acceptors (Lipinski definition) is 1. The molecule has 0 heterocycles. The fourth-order valence-electron chi connectivity index (χ4n) is 0.494. The SMILES string of the molecule is CCN(CC)C(=S)S.[NaH]. The van der Waals surface area contributed by atoms with Crippen LogP contribution in [0.3, 0.4) is 0 Å². The van der Waals surface area contributed by atoms with Crippen molar-refractivity contribution in [3.63, 3.8) is 0 Å². The Morgan fingerprint density at radius 1 is 1.44 bits per heavy atom. The van der Waals surface area contributed by atoms with Crippen molar-refractivity contribution in [3.05, 3.63) is 0 Å². The molecule has 0 aliphatic rings. The Balaban J connectivity index is 0. The maximum absolute atomic E-state index is 4.81. The molecule has 0 aromatic rings. The molecule has 0 unspecified atom stereocenters. The first-order chi connectivity index (χ1) is 3.72. The molecule has 0 spiro atoms. The second kappa shape index (κ2) is 7.35. The Hall–Kier alpha value is 1.24. The van der Waals surface area contributed by atoms with Crippen molar-refractivity contribution in [2.24, 2.45) is 0 Å². The van der Waals surface area contributed by atoms with Gasteiger partial charge in [-0.05, 0) is 13.8 Å². The molecule has 0 aliphatic heterocycles. The summed E-state index contributed by atoms with van der Waals surface area (Å²) in [5.41, 5.74) is 0. The van der Waals surface area contributed by atoms with Crippen molar-refractivity contribution in [3.8, 4) is 0 Å². The van der Waals surface area contributed by atoms with Gasteiger partial charge in [0.25, 0.3) is 0 Å². The molecule has 0 amide bonds. The Morgan fingerprint density at radius 3 is 1.78 bits per heavy atom. The van der Waals surface area contributed by atoms with Gasteiger partial charge in [-0.15, -0.1) is 12.6 Å². The summed E-state index contributed by atoms with van der Waals surface area (Å²) >= 11 is 8.82. The van der Waals surface area contributed by atoms with Gasteiger partial charge in [0.1, 0.15) is 4.32 Å². The maximum atomic E-state index is 4.81. The van der Waals surface area contributed by atoms with E-state index in [2.05, 4.69) is 26.5 Å². The molecule has 0 fully saturated rings. The summed E-state index contributed by atoms with van der Waals surface area (Å²) in [4.78, 5) is 2.01. The topological polar surface area (TPSA) is 3.24 Å². The Morgan fingerprint density at radius 2 is 1.78 bits per heavy atom. The van der Waals surface area contributed by atoms with Crippen LogP contribution in [-0.4, -0.2) is 51.9 Å². The van der Waals surface area contributed by atoms with E-state index in [0.29, 0.717) is 4.32 Å². The fourth-order valence-corrected chi connectivity index (χ4v) is 1.04. The van der Waals surface area contributed by atoms with Gasteiger partial charge in [0.15, 0.2) is 0 Å². The van der Waals surface area contributed by atoms with Crippen molar-refractivity contribution >= 4 is 58.7 Å². The molecule has 0 saturated heterocycles. The molecule has 4 heteroatoms. The Bertz CT molecular complexity index is 83.0. The van der Waals surface area contributed by atoms with Gasteiger partial charge in [-0.3, -0.25) is 0 Å². The predicted molar refractivity (Wildman–Crippen MR) is 51.7 cm³/mol. The van der Waals surface area contributed by atoms with E-state index >= 15 is 0 Å². The average molecular weight is 173 g/mol. The van der Waals surface area contributed by atoms with Gasteiger partial charge in [0.05, 0.1) is 0 Å². The van der Waals surface area contributed by atoms with Crippen LogP contribution in [0.4, 0.5) is 0 Å². The molecular formula is C5H12NNaS2. The third kappa shape index (κ3) is 5.67. The Labute approximate surface area is 89.9 Å². The number of hydrogen-bond donors (Lipinski definition) is 1. The first-order valence-electron chi connectivity index (χ1n) is 2.70. The molecule has 0 rings (SSSR count). The molecular weight excluding hydrogens is 161 g/mol. The summed E-state index contributed by atoms with van der Waals surface area (Å²) in [6.07, 6.45) is 0. The molecule has 0 bridgehead atoms. The number of rotatable bonds is 2. The summed E-state index contributed by atoms with van der Waals surface area (Å²) < 4.78 is 0.690. The number of thiol groups is 1. The minimum absolute atomic E-state index is 0. The fraction of sp³-hybridized carbons (Fsp3) is 0.800. The van der Waals surface area contributed by atoms with Crippen LogP contribution in [0.25, 0.3) is 0 Å². The van der Waals surface area contributed by atoms with Crippen LogP contribution in [-0.2, 0) is 0 Å². The molecule has 9 heavy (non-hydrogen) atoms. The second-order valence-electron chi connectivity index (χ2n) is 1.45. The molecule has 0 aliphatic carbocycles. The van der Waals surface area contributed by atoms with E-state index in [1.807, 2.05) is 4.90 Å². The minimum atomic E-state index is 0. The van der Waals surface area contributed by atoms with Crippen LogP contribution in [0.5, 0.6) is 0 Å². The second-order valence-corrected chi connectivity index (χ2v) is 2.57. The zero-order valence-electron chi connectivity index (χ0n) is 5.22. The van der Waals surface area contributed by atoms with E-state index in [1.54, 1.807) is 0 Å². The Kier molecular flexibility index (Phi) is 10.5. The van der Waals surface area contributed by atoms with Crippen LogP contribution in [0.15, 0.2) is 0 Å². The third-order valence-electron chi connectivity index (χ3n) is 1.03. The van der Waals surface area contributed by atoms with E-state index in [-0.39, 0.29) is 29.6 Å². The molecule has 0 saturated carbocycles. The van der Waals surface area contributed by atoms with Gasteiger partial charge in [-0.25, -0.2) is 0 Å². The van der Waals surface area contributed by atoms with Gasteiger partial charge in [0.2, 0.25) is 0 Å². The average Bonchev–Trinajstić information content (AvgIpc) is 1.69. The summed E-state index contributed by atoms with van der Waals surface area (Å²) in [6, 6.07) is 0. The zero-order valence-corrected chi connectivity index (χ0v) is 6.93. The molecule has 0 atom stereocenters. The van der Waals surface area contributed by atoms with E-state index < -0.39 is 0 Å². The number of thiocarbonyl (C=S) groups is 1. The monoisotopic (exact) mass is 173 g/mol. The first kappa shape index (κ1) is 12.9. The molecule has 0 N–H and O–H groups in total. The third-order valence-corrected chi connectivity index (χ3v) is 1.58. The van der Waals surface area contributed by atoms with Crippen LogP contribution in [0, 0.1) is 0 Å². The molecule has 0 aromatic carbocycles. The standard InChI is InChI=1S/C5H11NS2.Na.H/c1-3-6(4-2)5(7)8;;/h3-4H2,1-2H3,(H,7,8);;.